The maximum Gasteiger partial charge on any atom is 0.258 e. The fourth-order valence-corrected chi connectivity index (χ4v) is 4.88. The first-order valence-electron chi connectivity index (χ1n) is 11.1. The van der Waals surface area contributed by atoms with Gasteiger partial charge in [0.25, 0.3) is 5.91 Å². The largest absolute Gasteiger partial charge is 0.496 e. The summed E-state index contributed by atoms with van der Waals surface area (Å²) in [5, 5.41) is 1.98. The number of aryl methyl sites for hydroxylation is 1. The summed E-state index contributed by atoms with van der Waals surface area (Å²) in [5.74, 6) is 0.652. The number of carbonyl (C=O) groups excluding carboxylic acids is 1. The number of nitrogens with zero attached hydrogens (tertiary/aromatic N) is 1. The number of rotatable bonds is 5. The summed E-state index contributed by atoms with van der Waals surface area (Å²) < 4.78 is 5.68. The molecule has 0 aliphatic heterocycles. The van der Waals surface area contributed by atoms with E-state index in [9.17, 15) is 4.79 Å². The summed E-state index contributed by atoms with van der Waals surface area (Å²) >= 11 is 0. The van der Waals surface area contributed by atoms with Gasteiger partial charge in [-0.25, -0.2) is 0 Å². The Balaban J connectivity index is 1.60. The third-order valence-corrected chi connectivity index (χ3v) is 6.66. The SMILES string of the molecule is COc1ccc2ccccc2c1C(=O)N(Cc1ccccc1C)C1Cc2ccccc2C1. The second kappa shape index (κ2) is 8.51. The third kappa shape index (κ3) is 3.64. The zero-order valence-electron chi connectivity index (χ0n) is 18.5. The summed E-state index contributed by atoms with van der Waals surface area (Å²) in [7, 11) is 1.64. The normalized spacial score (nSPS) is 13.2. The lowest BCUT2D eigenvalue weighted by Gasteiger charge is -2.31. The highest BCUT2D eigenvalue weighted by Gasteiger charge is 2.32. The summed E-state index contributed by atoms with van der Waals surface area (Å²) in [6.07, 6.45) is 1.75. The van der Waals surface area contributed by atoms with Crippen molar-refractivity contribution in [1.29, 1.82) is 0 Å². The van der Waals surface area contributed by atoms with Gasteiger partial charge < -0.3 is 9.64 Å². The van der Waals surface area contributed by atoms with E-state index in [1.165, 1.54) is 22.3 Å². The Morgan fingerprint density at radius 1 is 0.875 bits per heavy atom. The van der Waals surface area contributed by atoms with Gasteiger partial charge in [-0.1, -0.05) is 78.9 Å². The Hall–Kier alpha value is -3.59. The van der Waals surface area contributed by atoms with Gasteiger partial charge in [-0.2, -0.15) is 0 Å². The van der Waals surface area contributed by atoms with Crippen molar-refractivity contribution in [3.05, 3.63) is 113 Å². The molecule has 0 heterocycles. The lowest BCUT2D eigenvalue weighted by Crippen LogP contribution is -2.40. The van der Waals surface area contributed by atoms with Crippen molar-refractivity contribution in [3.8, 4) is 5.75 Å². The first-order chi connectivity index (χ1) is 15.7. The number of carbonyl (C=O) groups is 1. The zero-order valence-corrected chi connectivity index (χ0v) is 18.5. The van der Waals surface area contributed by atoms with Crippen LogP contribution in [0.2, 0.25) is 0 Å². The highest BCUT2D eigenvalue weighted by atomic mass is 16.5. The van der Waals surface area contributed by atoms with Crippen molar-refractivity contribution in [2.75, 3.05) is 7.11 Å². The molecule has 32 heavy (non-hydrogen) atoms. The molecule has 0 saturated carbocycles. The highest BCUT2D eigenvalue weighted by molar-refractivity contribution is 6.09. The summed E-state index contributed by atoms with van der Waals surface area (Å²) in [5.41, 5.74) is 5.70. The summed E-state index contributed by atoms with van der Waals surface area (Å²) in [6, 6.07) is 28.9. The van der Waals surface area contributed by atoms with Gasteiger partial charge in [0, 0.05) is 12.6 Å². The molecule has 1 aliphatic rings. The number of benzene rings is 4. The molecule has 4 aromatic rings. The van der Waals surface area contributed by atoms with Crippen LogP contribution in [-0.4, -0.2) is 24.0 Å². The Labute approximate surface area is 189 Å². The van der Waals surface area contributed by atoms with Crippen LogP contribution in [0.25, 0.3) is 10.8 Å². The number of amides is 1. The van der Waals surface area contributed by atoms with Crippen LogP contribution >= 0.6 is 0 Å². The average Bonchev–Trinajstić information content (AvgIpc) is 3.26. The minimum absolute atomic E-state index is 0.0275. The van der Waals surface area contributed by atoms with Gasteiger partial charge in [-0.15, -0.1) is 0 Å². The Bertz CT molecular complexity index is 1270. The molecule has 3 nitrogen and oxygen atoms in total. The number of hydrogen-bond acceptors (Lipinski definition) is 2. The van der Waals surface area contributed by atoms with Gasteiger partial charge in [0.05, 0.1) is 12.7 Å². The third-order valence-electron chi connectivity index (χ3n) is 6.66. The molecule has 0 saturated heterocycles. The van der Waals surface area contributed by atoms with Crippen molar-refractivity contribution in [2.45, 2.75) is 32.4 Å². The van der Waals surface area contributed by atoms with E-state index in [0.717, 1.165) is 23.6 Å². The number of fused-ring (bicyclic) bond motifs is 2. The molecular weight excluding hydrogens is 394 g/mol. The van der Waals surface area contributed by atoms with E-state index in [2.05, 4.69) is 48.2 Å². The maximum atomic E-state index is 14.2. The Morgan fingerprint density at radius 2 is 1.53 bits per heavy atom. The smallest absolute Gasteiger partial charge is 0.258 e. The Kier molecular flexibility index (Phi) is 5.40. The van der Waals surface area contributed by atoms with Crippen LogP contribution in [-0.2, 0) is 19.4 Å². The molecule has 0 radical (unpaired) electrons. The van der Waals surface area contributed by atoms with E-state index >= 15 is 0 Å². The Morgan fingerprint density at radius 3 is 2.25 bits per heavy atom. The van der Waals surface area contributed by atoms with E-state index in [1.54, 1.807) is 7.11 Å². The predicted molar refractivity (Wildman–Crippen MR) is 129 cm³/mol. The topological polar surface area (TPSA) is 29.5 Å². The fourth-order valence-electron chi connectivity index (χ4n) is 4.88. The van der Waals surface area contributed by atoms with Gasteiger partial charge in [0.15, 0.2) is 0 Å². The second-order valence-electron chi connectivity index (χ2n) is 8.55. The summed E-state index contributed by atoms with van der Waals surface area (Å²) in [6.45, 7) is 2.69. The summed E-state index contributed by atoms with van der Waals surface area (Å²) in [4.78, 5) is 16.3. The molecule has 1 aliphatic carbocycles. The van der Waals surface area contributed by atoms with E-state index < -0.39 is 0 Å². The molecule has 1 amide bonds. The van der Waals surface area contributed by atoms with Crippen molar-refractivity contribution >= 4 is 16.7 Å². The molecule has 0 atom stereocenters. The molecule has 5 rings (SSSR count). The fraction of sp³-hybridized carbons (Fsp3) is 0.207. The minimum Gasteiger partial charge on any atom is -0.496 e. The van der Waals surface area contributed by atoms with Crippen LogP contribution in [0.5, 0.6) is 5.75 Å². The van der Waals surface area contributed by atoms with Gasteiger partial charge >= 0.3 is 0 Å². The van der Waals surface area contributed by atoms with Crippen molar-refractivity contribution in [2.24, 2.45) is 0 Å². The number of ether oxygens (including phenoxy) is 1. The van der Waals surface area contributed by atoms with Crippen molar-refractivity contribution < 1.29 is 9.53 Å². The van der Waals surface area contributed by atoms with E-state index in [-0.39, 0.29) is 11.9 Å². The molecule has 0 aromatic heterocycles. The van der Waals surface area contributed by atoms with E-state index in [0.29, 0.717) is 17.9 Å². The maximum absolute atomic E-state index is 14.2. The molecule has 4 aromatic carbocycles. The highest BCUT2D eigenvalue weighted by Crippen LogP contribution is 2.33. The van der Waals surface area contributed by atoms with Crippen LogP contribution in [0.3, 0.4) is 0 Å². The average molecular weight is 422 g/mol. The van der Waals surface area contributed by atoms with Gasteiger partial charge in [0.1, 0.15) is 5.75 Å². The first kappa shape index (κ1) is 20.3. The molecule has 0 spiro atoms. The first-order valence-corrected chi connectivity index (χ1v) is 11.1. The monoisotopic (exact) mass is 421 g/mol. The van der Waals surface area contributed by atoms with Gasteiger partial charge in [-0.05, 0) is 58.9 Å². The van der Waals surface area contributed by atoms with Crippen LogP contribution in [0.1, 0.15) is 32.6 Å². The molecule has 3 heteroatoms. The van der Waals surface area contributed by atoms with Crippen LogP contribution in [0, 0.1) is 6.92 Å². The van der Waals surface area contributed by atoms with E-state index in [1.807, 2.05) is 48.5 Å². The number of hydrogen-bond donors (Lipinski definition) is 0. The number of methoxy groups -OCH3 is 1. The zero-order chi connectivity index (χ0) is 22.1. The van der Waals surface area contributed by atoms with Gasteiger partial charge in [-0.3, -0.25) is 4.79 Å². The van der Waals surface area contributed by atoms with Crippen molar-refractivity contribution in [1.82, 2.24) is 4.90 Å². The molecule has 0 bridgehead atoms. The predicted octanol–water partition coefficient (Wildman–Crippen LogP) is 5.97. The van der Waals surface area contributed by atoms with Crippen LogP contribution < -0.4 is 4.74 Å². The second-order valence-corrected chi connectivity index (χ2v) is 8.55. The molecular formula is C29H27NO2. The molecule has 0 unspecified atom stereocenters. The van der Waals surface area contributed by atoms with Crippen LogP contribution in [0.15, 0.2) is 84.9 Å². The molecule has 0 fully saturated rings. The van der Waals surface area contributed by atoms with Crippen LogP contribution in [0.4, 0.5) is 0 Å². The van der Waals surface area contributed by atoms with Gasteiger partial charge in [0.2, 0.25) is 0 Å². The minimum atomic E-state index is 0.0275. The molecule has 0 N–H and O–H groups in total. The van der Waals surface area contributed by atoms with Crippen molar-refractivity contribution in [3.63, 3.8) is 0 Å². The molecule has 160 valence electrons. The van der Waals surface area contributed by atoms with E-state index in [4.69, 9.17) is 4.74 Å². The lowest BCUT2D eigenvalue weighted by molar-refractivity contribution is 0.0666. The quantitative estimate of drug-likeness (QED) is 0.397. The standard InChI is InChI=1S/C29H27NO2/c1-20-9-3-4-13-24(20)19-30(25-17-22-11-5-6-12-23(22)18-25)29(31)28-26-14-8-7-10-21(26)15-16-27(28)32-2/h3-16,25H,17-19H2,1-2H3. The lowest BCUT2D eigenvalue weighted by atomic mass is 10.00.